The first-order valence-electron chi connectivity index (χ1n) is 6.52. The quantitative estimate of drug-likeness (QED) is 0.727. The van der Waals surface area contributed by atoms with E-state index in [1.54, 1.807) is 17.8 Å². The van der Waals surface area contributed by atoms with Crippen molar-refractivity contribution in [3.05, 3.63) is 64.1 Å². The topological polar surface area (TPSA) is 29.1 Å². The summed E-state index contributed by atoms with van der Waals surface area (Å²) in [5.41, 5.74) is 1.94. The lowest BCUT2D eigenvalue weighted by atomic mass is 10.2. The van der Waals surface area contributed by atoms with Crippen molar-refractivity contribution in [3.63, 3.8) is 0 Å². The van der Waals surface area contributed by atoms with Crippen LogP contribution < -0.4 is 5.32 Å². The Morgan fingerprint density at radius 2 is 1.81 bits per heavy atom. The van der Waals surface area contributed by atoms with Crippen molar-refractivity contribution < 1.29 is 4.79 Å². The number of hydrogen-bond acceptors (Lipinski definition) is 2. The van der Waals surface area contributed by atoms with Crippen molar-refractivity contribution in [1.29, 1.82) is 0 Å². The van der Waals surface area contributed by atoms with Gasteiger partial charge >= 0.3 is 0 Å². The SMILES string of the molecule is O=C(CCSCc1ccc(Cl)c(Cl)c1)Nc1ccccc1. The molecule has 0 saturated heterocycles. The number of amides is 1. The van der Waals surface area contributed by atoms with Crippen molar-refractivity contribution in [1.82, 2.24) is 0 Å². The molecule has 2 nitrogen and oxygen atoms in total. The third-order valence-corrected chi connectivity index (χ3v) is 4.55. The first-order chi connectivity index (χ1) is 10.1. The zero-order valence-electron chi connectivity index (χ0n) is 11.3. The van der Waals surface area contributed by atoms with Crippen molar-refractivity contribution in [2.75, 3.05) is 11.1 Å². The number of thioether (sulfide) groups is 1. The second-order valence-corrected chi connectivity index (χ2v) is 6.38. The van der Waals surface area contributed by atoms with Gasteiger partial charge in [0.25, 0.3) is 0 Å². The highest BCUT2D eigenvalue weighted by atomic mass is 35.5. The third kappa shape index (κ3) is 5.62. The van der Waals surface area contributed by atoms with E-state index < -0.39 is 0 Å². The van der Waals surface area contributed by atoms with E-state index in [1.807, 2.05) is 42.5 Å². The molecule has 2 aromatic carbocycles. The Hall–Kier alpha value is -1.16. The maximum Gasteiger partial charge on any atom is 0.225 e. The lowest BCUT2D eigenvalue weighted by Gasteiger charge is -2.05. The van der Waals surface area contributed by atoms with E-state index in [2.05, 4.69) is 5.32 Å². The van der Waals surface area contributed by atoms with Crippen LogP contribution in [0.25, 0.3) is 0 Å². The van der Waals surface area contributed by atoms with Crippen LogP contribution in [0.1, 0.15) is 12.0 Å². The summed E-state index contributed by atoms with van der Waals surface area (Å²) < 4.78 is 0. The van der Waals surface area contributed by atoms with Crippen LogP contribution in [0.5, 0.6) is 0 Å². The Morgan fingerprint density at radius 3 is 2.52 bits per heavy atom. The van der Waals surface area contributed by atoms with Crippen LogP contribution in [0.3, 0.4) is 0 Å². The second-order valence-electron chi connectivity index (χ2n) is 4.47. The van der Waals surface area contributed by atoms with Crippen LogP contribution in [0.15, 0.2) is 48.5 Å². The minimum Gasteiger partial charge on any atom is -0.326 e. The van der Waals surface area contributed by atoms with Gasteiger partial charge in [0.1, 0.15) is 0 Å². The number of benzene rings is 2. The van der Waals surface area contributed by atoms with E-state index in [-0.39, 0.29) is 5.91 Å². The minimum atomic E-state index is 0.0304. The molecule has 0 unspecified atom stereocenters. The minimum absolute atomic E-state index is 0.0304. The van der Waals surface area contributed by atoms with E-state index >= 15 is 0 Å². The number of nitrogens with one attached hydrogen (secondary N) is 1. The summed E-state index contributed by atoms with van der Waals surface area (Å²) >= 11 is 13.5. The molecule has 2 aromatic rings. The molecule has 0 aromatic heterocycles. The number of rotatable bonds is 6. The molecule has 0 radical (unpaired) electrons. The van der Waals surface area contributed by atoms with Crippen molar-refractivity contribution in [3.8, 4) is 0 Å². The van der Waals surface area contributed by atoms with Gasteiger partial charge in [0.05, 0.1) is 10.0 Å². The van der Waals surface area contributed by atoms with Gasteiger partial charge in [-0.3, -0.25) is 4.79 Å². The number of para-hydroxylation sites is 1. The summed E-state index contributed by atoms with van der Waals surface area (Å²) in [5.74, 6) is 1.61. The molecule has 0 aliphatic heterocycles. The summed E-state index contributed by atoms with van der Waals surface area (Å²) in [5, 5.41) is 4.00. The summed E-state index contributed by atoms with van der Waals surface area (Å²) in [6.45, 7) is 0. The fourth-order valence-electron chi connectivity index (χ4n) is 1.73. The lowest BCUT2D eigenvalue weighted by Crippen LogP contribution is -2.11. The highest BCUT2D eigenvalue weighted by Crippen LogP contribution is 2.24. The maximum absolute atomic E-state index is 11.8. The highest BCUT2D eigenvalue weighted by molar-refractivity contribution is 7.98. The average molecular weight is 340 g/mol. The standard InChI is InChI=1S/C16H15Cl2NOS/c17-14-7-6-12(10-15(14)18)11-21-9-8-16(20)19-13-4-2-1-3-5-13/h1-7,10H,8-9,11H2,(H,19,20). The zero-order valence-corrected chi connectivity index (χ0v) is 13.6. The van der Waals surface area contributed by atoms with Crippen LogP contribution in [-0.4, -0.2) is 11.7 Å². The summed E-state index contributed by atoms with van der Waals surface area (Å²) in [6, 6.07) is 15.1. The monoisotopic (exact) mass is 339 g/mol. The molecule has 0 aliphatic carbocycles. The van der Waals surface area contributed by atoms with Crippen LogP contribution >= 0.6 is 35.0 Å². The van der Waals surface area contributed by atoms with E-state index in [0.29, 0.717) is 16.5 Å². The molecular weight excluding hydrogens is 325 g/mol. The maximum atomic E-state index is 11.8. The normalized spacial score (nSPS) is 10.4. The van der Waals surface area contributed by atoms with Gasteiger partial charge in [-0.2, -0.15) is 11.8 Å². The number of hydrogen-bond donors (Lipinski definition) is 1. The second kappa shape index (κ2) is 8.32. The first kappa shape index (κ1) is 16.2. The predicted octanol–water partition coefficient (Wildman–Crippen LogP) is 5.26. The Morgan fingerprint density at radius 1 is 1.05 bits per heavy atom. The van der Waals surface area contributed by atoms with Gasteiger partial charge in [-0.25, -0.2) is 0 Å². The number of carbonyl (C=O) groups excluding carboxylic acids is 1. The molecule has 0 fully saturated rings. The van der Waals surface area contributed by atoms with Crippen LogP contribution in [-0.2, 0) is 10.5 Å². The van der Waals surface area contributed by atoms with E-state index in [1.165, 1.54) is 0 Å². The third-order valence-electron chi connectivity index (χ3n) is 2.78. The van der Waals surface area contributed by atoms with Crippen molar-refractivity contribution in [2.45, 2.75) is 12.2 Å². The Kier molecular flexibility index (Phi) is 6.43. The summed E-state index contributed by atoms with van der Waals surface area (Å²) in [6.07, 6.45) is 0.487. The van der Waals surface area contributed by atoms with Crippen LogP contribution in [0.4, 0.5) is 5.69 Å². The van der Waals surface area contributed by atoms with Crippen molar-refractivity contribution in [2.24, 2.45) is 0 Å². The van der Waals surface area contributed by atoms with Gasteiger partial charge in [0.2, 0.25) is 5.91 Å². The molecule has 0 bridgehead atoms. The van der Waals surface area contributed by atoms with Gasteiger partial charge in [-0.05, 0) is 29.8 Å². The molecule has 0 saturated carbocycles. The Bertz CT molecular complexity index is 604. The van der Waals surface area contributed by atoms with Gasteiger partial charge in [-0.1, -0.05) is 47.5 Å². The fourth-order valence-corrected chi connectivity index (χ4v) is 2.94. The van der Waals surface area contributed by atoms with Gasteiger partial charge in [-0.15, -0.1) is 0 Å². The highest BCUT2D eigenvalue weighted by Gasteiger charge is 2.03. The lowest BCUT2D eigenvalue weighted by molar-refractivity contribution is -0.115. The Balaban J connectivity index is 1.69. The largest absolute Gasteiger partial charge is 0.326 e. The molecule has 2 rings (SSSR count). The van der Waals surface area contributed by atoms with Gasteiger partial charge in [0.15, 0.2) is 0 Å². The predicted molar refractivity (Wildman–Crippen MR) is 92.3 cm³/mol. The van der Waals surface area contributed by atoms with E-state index in [4.69, 9.17) is 23.2 Å². The smallest absolute Gasteiger partial charge is 0.225 e. The Labute approximate surface area is 138 Å². The molecule has 5 heteroatoms. The van der Waals surface area contributed by atoms with E-state index in [0.717, 1.165) is 22.8 Å². The van der Waals surface area contributed by atoms with Gasteiger partial charge in [0, 0.05) is 23.6 Å². The number of carbonyl (C=O) groups is 1. The molecule has 1 amide bonds. The zero-order chi connectivity index (χ0) is 15.1. The molecule has 110 valence electrons. The van der Waals surface area contributed by atoms with Crippen LogP contribution in [0, 0.1) is 0 Å². The molecule has 0 heterocycles. The molecular formula is C16H15Cl2NOS. The first-order valence-corrected chi connectivity index (χ1v) is 8.43. The number of anilines is 1. The average Bonchev–Trinajstić information content (AvgIpc) is 2.48. The molecule has 21 heavy (non-hydrogen) atoms. The van der Waals surface area contributed by atoms with Crippen LogP contribution in [0.2, 0.25) is 10.0 Å². The molecule has 0 aliphatic rings. The number of halogens is 2. The fraction of sp³-hybridized carbons (Fsp3) is 0.188. The summed E-state index contributed by atoms with van der Waals surface area (Å²) in [7, 11) is 0. The molecule has 0 spiro atoms. The van der Waals surface area contributed by atoms with E-state index in [9.17, 15) is 4.79 Å². The molecule has 1 N–H and O–H groups in total. The summed E-state index contributed by atoms with van der Waals surface area (Å²) in [4.78, 5) is 11.8. The van der Waals surface area contributed by atoms with Gasteiger partial charge < -0.3 is 5.32 Å². The van der Waals surface area contributed by atoms with Crippen molar-refractivity contribution >= 4 is 46.6 Å². The molecule has 0 atom stereocenters.